The molecule has 2 amide bonds. The summed E-state index contributed by atoms with van der Waals surface area (Å²) in [5.41, 5.74) is 1.22. The van der Waals surface area contributed by atoms with Crippen molar-refractivity contribution >= 4 is 39.4 Å². The van der Waals surface area contributed by atoms with Crippen molar-refractivity contribution < 1.29 is 29.3 Å². The second kappa shape index (κ2) is 9.33. The van der Waals surface area contributed by atoms with E-state index in [2.05, 4.69) is 22.5 Å². The number of aliphatic hydroxyl groups excluding tert-OH is 1. The lowest BCUT2D eigenvalue weighted by atomic mass is 9.70. The van der Waals surface area contributed by atoms with E-state index < -0.39 is 47.5 Å². The molecule has 4 rings (SSSR count). The number of halogens is 1. The number of carbonyl (C=O) groups excluding carboxylic acids is 2. The first-order valence-corrected chi connectivity index (χ1v) is 12.9. The van der Waals surface area contributed by atoms with E-state index in [9.17, 15) is 24.6 Å². The molecule has 3 aliphatic rings. The molecule has 3 saturated heterocycles. The van der Waals surface area contributed by atoms with Crippen molar-refractivity contribution in [1.29, 1.82) is 0 Å². The molecule has 2 bridgehead atoms. The number of carboxylic acid groups (broad SMARTS) is 1. The molecule has 7 atom stereocenters. The first-order valence-electron chi connectivity index (χ1n) is 12.0. The number of aryl methyl sites for hydroxylation is 2. The summed E-state index contributed by atoms with van der Waals surface area (Å²) in [5.74, 6) is -4.14. The molecule has 9 heteroatoms. The Morgan fingerprint density at radius 1 is 1.34 bits per heavy atom. The van der Waals surface area contributed by atoms with Gasteiger partial charge in [0.25, 0.3) is 5.91 Å². The van der Waals surface area contributed by atoms with Gasteiger partial charge in [0.2, 0.25) is 5.91 Å². The van der Waals surface area contributed by atoms with Crippen LogP contribution in [0.25, 0.3) is 0 Å². The first-order chi connectivity index (χ1) is 16.5. The highest BCUT2D eigenvalue weighted by Crippen LogP contribution is 2.60. The zero-order chi connectivity index (χ0) is 25.8. The molecular weight excluding hydrogens is 516 g/mol. The number of likely N-dealkylation sites (tertiary alicyclic amines) is 1. The van der Waals surface area contributed by atoms with E-state index >= 15 is 0 Å². The van der Waals surface area contributed by atoms with Crippen LogP contribution in [0.1, 0.15) is 31.4 Å². The van der Waals surface area contributed by atoms with Gasteiger partial charge in [0.1, 0.15) is 11.6 Å². The molecule has 1 aromatic rings. The summed E-state index contributed by atoms with van der Waals surface area (Å²) in [4.78, 5) is 43.5. The Kier molecular flexibility index (Phi) is 6.89. The zero-order valence-corrected chi connectivity index (χ0v) is 22.1. The number of amides is 2. The van der Waals surface area contributed by atoms with Gasteiger partial charge in [-0.25, -0.2) is 0 Å². The molecular formula is C26H33BrN2O6. The minimum Gasteiger partial charge on any atom is -0.481 e. The Labute approximate surface area is 214 Å². The number of nitrogens with zero attached hydrogens (tertiary/aromatic N) is 2. The van der Waals surface area contributed by atoms with Crippen molar-refractivity contribution in [3.63, 3.8) is 0 Å². The maximum atomic E-state index is 14.5. The number of aliphatic hydroxyl groups is 1. The van der Waals surface area contributed by atoms with Crippen LogP contribution in [0, 0.1) is 31.6 Å². The van der Waals surface area contributed by atoms with Gasteiger partial charge in [-0.3, -0.25) is 14.4 Å². The summed E-state index contributed by atoms with van der Waals surface area (Å²) in [6.45, 7) is 11.3. The lowest BCUT2D eigenvalue weighted by Gasteiger charge is -2.41. The monoisotopic (exact) mass is 548 g/mol. The van der Waals surface area contributed by atoms with Crippen LogP contribution in [0.3, 0.4) is 0 Å². The predicted octanol–water partition coefficient (Wildman–Crippen LogP) is 2.67. The predicted molar refractivity (Wildman–Crippen MR) is 134 cm³/mol. The topological polar surface area (TPSA) is 107 Å². The minimum absolute atomic E-state index is 0.164. The average molecular weight is 549 g/mol. The second-order valence-electron chi connectivity index (χ2n) is 10.2. The number of carboxylic acids is 1. The third-order valence-corrected chi connectivity index (χ3v) is 8.69. The largest absolute Gasteiger partial charge is 0.481 e. The lowest BCUT2D eigenvalue weighted by molar-refractivity contribution is -0.151. The third kappa shape index (κ3) is 3.74. The first kappa shape index (κ1) is 25.9. The van der Waals surface area contributed by atoms with E-state index in [4.69, 9.17) is 4.74 Å². The van der Waals surface area contributed by atoms with Gasteiger partial charge in [-0.2, -0.15) is 0 Å². The zero-order valence-electron chi connectivity index (χ0n) is 20.5. The quantitative estimate of drug-likeness (QED) is 0.382. The number of carbonyl (C=O) groups is 3. The van der Waals surface area contributed by atoms with Gasteiger partial charge >= 0.3 is 5.97 Å². The van der Waals surface area contributed by atoms with Gasteiger partial charge in [0.05, 0.1) is 30.6 Å². The molecule has 0 radical (unpaired) electrons. The molecule has 8 nitrogen and oxygen atoms in total. The molecule has 0 saturated carbocycles. The van der Waals surface area contributed by atoms with Crippen molar-refractivity contribution in [3.8, 4) is 0 Å². The van der Waals surface area contributed by atoms with Crippen LogP contribution in [0.2, 0.25) is 0 Å². The Balaban J connectivity index is 1.90. The van der Waals surface area contributed by atoms with Gasteiger partial charge in [-0.1, -0.05) is 54.1 Å². The van der Waals surface area contributed by atoms with E-state index in [1.165, 1.54) is 4.90 Å². The maximum Gasteiger partial charge on any atom is 0.310 e. The molecule has 3 aliphatic heterocycles. The summed E-state index contributed by atoms with van der Waals surface area (Å²) >= 11 is 3.56. The number of para-hydroxylation sites is 1. The number of hydrogen-bond donors (Lipinski definition) is 2. The Hall–Kier alpha value is -2.23. The number of aliphatic carboxylic acids is 1. The second-order valence-corrected chi connectivity index (χ2v) is 11.4. The van der Waals surface area contributed by atoms with Gasteiger partial charge in [-0.15, -0.1) is 6.58 Å². The molecule has 3 unspecified atom stereocenters. The van der Waals surface area contributed by atoms with Crippen LogP contribution in [-0.2, 0) is 19.1 Å². The molecule has 3 fully saturated rings. The number of benzene rings is 1. The fraction of sp³-hybridized carbons (Fsp3) is 0.577. The fourth-order valence-electron chi connectivity index (χ4n) is 6.41. The average Bonchev–Trinajstić information content (AvgIpc) is 3.37. The van der Waals surface area contributed by atoms with Crippen molar-refractivity contribution in [2.45, 2.75) is 62.7 Å². The summed E-state index contributed by atoms with van der Waals surface area (Å²) in [7, 11) is 0. The molecule has 1 aromatic carbocycles. The van der Waals surface area contributed by atoms with E-state index in [0.29, 0.717) is 6.42 Å². The summed E-state index contributed by atoms with van der Waals surface area (Å²) < 4.78 is 6.36. The van der Waals surface area contributed by atoms with Crippen molar-refractivity contribution in [3.05, 3.63) is 42.0 Å². The van der Waals surface area contributed by atoms with E-state index in [1.807, 2.05) is 45.9 Å². The highest BCUT2D eigenvalue weighted by Gasteiger charge is 2.77. The smallest absolute Gasteiger partial charge is 0.310 e. The number of fused-ring (bicyclic) bond motifs is 1. The number of ether oxygens (including phenoxy) is 1. The van der Waals surface area contributed by atoms with E-state index in [0.717, 1.165) is 16.8 Å². The van der Waals surface area contributed by atoms with Crippen LogP contribution in [0.15, 0.2) is 30.9 Å². The van der Waals surface area contributed by atoms with E-state index in [-0.39, 0.29) is 29.8 Å². The lowest BCUT2D eigenvalue weighted by Crippen LogP contribution is -2.60. The number of anilines is 1. The Bertz CT molecular complexity index is 1040. The van der Waals surface area contributed by atoms with Crippen LogP contribution in [-0.4, -0.2) is 74.7 Å². The normalized spacial score (nSPS) is 32.1. The number of rotatable bonds is 8. The van der Waals surface area contributed by atoms with Crippen LogP contribution in [0.5, 0.6) is 0 Å². The fourth-order valence-corrected chi connectivity index (χ4v) is 7.35. The maximum absolute atomic E-state index is 14.5. The number of hydrogen-bond acceptors (Lipinski definition) is 5. The summed E-state index contributed by atoms with van der Waals surface area (Å²) in [6, 6.07) is 4.02. The summed E-state index contributed by atoms with van der Waals surface area (Å²) in [5, 5.41) is 20.3. The Morgan fingerprint density at radius 3 is 2.49 bits per heavy atom. The van der Waals surface area contributed by atoms with E-state index in [1.54, 1.807) is 11.0 Å². The molecule has 3 heterocycles. The van der Waals surface area contributed by atoms with Crippen molar-refractivity contribution in [2.75, 3.05) is 18.1 Å². The van der Waals surface area contributed by atoms with Crippen LogP contribution in [0.4, 0.5) is 5.69 Å². The Morgan fingerprint density at radius 2 is 1.97 bits per heavy atom. The highest BCUT2D eigenvalue weighted by atomic mass is 79.9. The SMILES string of the molecule is C=CCN(C(=O)C1N([C@@H](CO)C(C)C)C(=O)[C@@H]2[C@H](C(=O)O)[C@H]3OC12CC3Br)c1c(C)cccc1C. The molecule has 190 valence electrons. The van der Waals surface area contributed by atoms with Gasteiger partial charge in [0.15, 0.2) is 0 Å². The van der Waals surface area contributed by atoms with Gasteiger partial charge in [0, 0.05) is 17.1 Å². The van der Waals surface area contributed by atoms with Gasteiger partial charge in [-0.05, 0) is 37.3 Å². The molecule has 35 heavy (non-hydrogen) atoms. The third-order valence-electron chi connectivity index (χ3n) is 7.85. The van der Waals surface area contributed by atoms with Crippen LogP contribution >= 0.6 is 15.9 Å². The van der Waals surface area contributed by atoms with Gasteiger partial charge < -0.3 is 24.7 Å². The summed E-state index contributed by atoms with van der Waals surface area (Å²) in [6.07, 6.45) is 1.25. The number of alkyl halides is 1. The van der Waals surface area contributed by atoms with Crippen molar-refractivity contribution in [2.24, 2.45) is 17.8 Å². The molecule has 2 N–H and O–H groups in total. The van der Waals surface area contributed by atoms with Crippen LogP contribution < -0.4 is 4.90 Å². The standard InChI is InChI=1S/C26H33BrN2O6/c1-6-10-28(20-14(4)8-7-9-15(20)5)24(32)22-26-11-16(27)21(35-26)18(25(33)34)19(26)23(31)29(22)17(12-30)13(2)3/h6-9,13,16-19,21-22,30H,1,10-12H2,2-5H3,(H,33,34)/t16?,17-,18-,19-,21-,22?,26?/m0/s1. The minimum atomic E-state index is -1.30. The van der Waals surface area contributed by atoms with Crippen molar-refractivity contribution in [1.82, 2.24) is 4.90 Å². The molecule has 1 spiro atoms. The molecule has 0 aromatic heterocycles. The highest BCUT2D eigenvalue weighted by molar-refractivity contribution is 9.09. The molecule has 0 aliphatic carbocycles.